The first-order chi connectivity index (χ1) is 9.79. The van der Waals surface area contributed by atoms with Crippen molar-refractivity contribution in [3.05, 3.63) is 0 Å². The van der Waals surface area contributed by atoms with Gasteiger partial charge >= 0.3 is 5.97 Å². The topological polar surface area (TPSA) is 95.0 Å². The Kier molecular flexibility index (Phi) is 4.88. The maximum atomic E-state index is 12.5. The number of hydrogen-bond acceptors (Lipinski definition) is 4. The predicted molar refractivity (Wildman–Crippen MR) is 76.1 cm³/mol. The second-order valence-electron chi connectivity index (χ2n) is 5.92. The smallest absolute Gasteiger partial charge is 0.308 e. The van der Waals surface area contributed by atoms with E-state index in [1.54, 1.807) is 4.90 Å². The van der Waals surface area contributed by atoms with E-state index in [0.717, 1.165) is 6.26 Å². The van der Waals surface area contributed by atoms with Gasteiger partial charge in [0.2, 0.25) is 15.9 Å². The van der Waals surface area contributed by atoms with Gasteiger partial charge in [-0.05, 0) is 25.7 Å². The quantitative estimate of drug-likeness (QED) is 0.789. The first-order valence-corrected chi connectivity index (χ1v) is 9.10. The summed E-state index contributed by atoms with van der Waals surface area (Å²) in [5.41, 5.74) is 0. The van der Waals surface area contributed by atoms with Gasteiger partial charge in [-0.1, -0.05) is 0 Å². The summed E-state index contributed by atoms with van der Waals surface area (Å²) in [6, 6.07) is 0. The summed E-state index contributed by atoms with van der Waals surface area (Å²) < 4.78 is 24.5. The number of sulfonamides is 1. The molecule has 0 aromatic heterocycles. The van der Waals surface area contributed by atoms with Crippen molar-refractivity contribution in [2.45, 2.75) is 25.7 Å². The molecule has 0 bridgehead atoms. The summed E-state index contributed by atoms with van der Waals surface area (Å²) in [5.74, 6) is -1.82. The second kappa shape index (κ2) is 6.31. The highest BCUT2D eigenvalue weighted by Gasteiger charge is 2.35. The van der Waals surface area contributed by atoms with E-state index in [1.165, 1.54) is 4.31 Å². The van der Waals surface area contributed by atoms with Crippen LogP contribution in [0.4, 0.5) is 0 Å². The number of amides is 1. The molecule has 1 N–H and O–H groups in total. The monoisotopic (exact) mass is 318 g/mol. The average Bonchev–Trinajstić information content (AvgIpc) is 2.46. The van der Waals surface area contributed by atoms with Crippen molar-refractivity contribution in [1.82, 2.24) is 9.21 Å². The Hall–Kier alpha value is -1.15. The van der Waals surface area contributed by atoms with Crippen molar-refractivity contribution >= 4 is 21.9 Å². The van der Waals surface area contributed by atoms with Crippen LogP contribution in [-0.2, 0) is 19.6 Å². The lowest BCUT2D eigenvalue weighted by Crippen LogP contribution is -2.49. The number of carbonyl (C=O) groups excluding carboxylic acids is 1. The molecule has 2 saturated heterocycles. The number of carboxylic acid groups (broad SMARTS) is 1. The first kappa shape index (κ1) is 16.2. The molecular formula is C13H22N2O5S. The summed E-state index contributed by atoms with van der Waals surface area (Å²) in [5, 5.41) is 9.07. The summed E-state index contributed by atoms with van der Waals surface area (Å²) in [6.45, 7) is 1.48. The van der Waals surface area contributed by atoms with E-state index >= 15 is 0 Å². The van der Waals surface area contributed by atoms with Crippen molar-refractivity contribution < 1.29 is 23.1 Å². The fraction of sp³-hybridized carbons (Fsp3) is 0.846. The molecule has 2 heterocycles. The van der Waals surface area contributed by atoms with Crippen molar-refractivity contribution in [2.24, 2.45) is 11.8 Å². The zero-order chi connectivity index (χ0) is 15.6. The molecule has 1 amide bonds. The Morgan fingerprint density at radius 1 is 1.05 bits per heavy atom. The zero-order valence-electron chi connectivity index (χ0n) is 12.2. The SMILES string of the molecule is CS(=O)(=O)N1CCCC(C(=O)N2CCCC(C(=O)O)C2)C1. The van der Waals surface area contributed by atoms with E-state index in [9.17, 15) is 18.0 Å². The van der Waals surface area contributed by atoms with E-state index in [1.807, 2.05) is 0 Å². The van der Waals surface area contributed by atoms with Gasteiger partial charge in [-0.2, -0.15) is 0 Å². The standard InChI is InChI=1S/C13H22N2O5S/c1-21(19,20)15-7-3-4-10(9-15)12(16)14-6-2-5-11(8-14)13(17)18/h10-11H,2-9H2,1H3,(H,17,18). The van der Waals surface area contributed by atoms with Crippen LogP contribution in [0.1, 0.15) is 25.7 Å². The van der Waals surface area contributed by atoms with Gasteiger partial charge in [-0.15, -0.1) is 0 Å². The van der Waals surface area contributed by atoms with Crippen LogP contribution in [0.2, 0.25) is 0 Å². The van der Waals surface area contributed by atoms with Gasteiger partial charge in [0.1, 0.15) is 0 Å². The molecule has 2 atom stereocenters. The van der Waals surface area contributed by atoms with Gasteiger partial charge in [0.25, 0.3) is 0 Å². The molecule has 0 radical (unpaired) electrons. The van der Waals surface area contributed by atoms with E-state index in [0.29, 0.717) is 38.8 Å². The lowest BCUT2D eigenvalue weighted by atomic mass is 9.94. The third kappa shape index (κ3) is 3.94. The third-order valence-electron chi connectivity index (χ3n) is 4.28. The predicted octanol–water partition coefficient (Wildman–Crippen LogP) is -0.0188. The number of hydrogen-bond donors (Lipinski definition) is 1. The Balaban J connectivity index is 2.00. The number of carboxylic acids is 1. The molecular weight excluding hydrogens is 296 g/mol. The van der Waals surface area contributed by atoms with Crippen molar-refractivity contribution in [3.63, 3.8) is 0 Å². The number of likely N-dealkylation sites (tertiary alicyclic amines) is 1. The highest BCUT2D eigenvalue weighted by atomic mass is 32.2. The molecule has 120 valence electrons. The lowest BCUT2D eigenvalue weighted by Gasteiger charge is -2.36. The van der Waals surface area contributed by atoms with Crippen LogP contribution in [0, 0.1) is 11.8 Å². The molecule has 0 saturated carbocycles. The van der Waals surface area contributed by atoms with Crippen LogP contribution in [-0.4, -0.2) is 67.0 Å². The highest BCUT2D eigenvalue weighted by molar-refractivity contribution is 7.88. The second-order valence-corrected chi connectivity index (χ2v) is 7.90. The number of rotatable bonds is 3. The van der Waals surface area contributed by atoms with Crippen LogP contribution < -0.4 is 0 Å². The van der Waals surface area contributed by atoms with Crippen LogP contribution in [0.25, 0.3) is 0 Å². The Labute approximate surface area is 125 Å². The van der Waals surface area contributed by atoms with E-state index in [2.05, 4.69) is 0 Å². The Morgan fingerprint density at radius 2 is 1.67 bits per heavy atom. The molecule has 0 aromatic rings. The molecule has 0 aliphatic carbocycles. The highest BCUT2D eigenvalue weighted by Crippen LogP contribution is 2.24. The van der Waals surface area contributed by atoms with Crippen molar-refractivity contribution in [2.75, 3.05) is 32.4 Å². The normalized spacial score (nSPS) is 28.3. The van der Waals surface area contributed by atoms with Gasteiger partial charge in [-0.25, -0.2) is 12.7 Å². The molecule has 8 heteroatoms. The minimum atomic E-state index is -3.28. The minimum absolute atomic E-state index is 0.102. The largest absolute Gasteiger partial charge is 0.481 e. The fourth-order valence-corrected chi connectivity index (χ4v) is 3.99. The molecule has 2 rings (SSSR count). The van der Waals surface area contributed by atoms with Crippen molar-refractivity contribution in [1.29, 1.82) is 0 Å². The summed E-state index contributed by atoms with van der Waals surface area (Å²) >= 11 is 0. The summed E-state index contributed by atoms with van der Waals surface area (Å²) in [7, 11) is -3.28. The van der Waals surface area contributed by atoms with E-state index < -0.39 is 21.9 Å². The van der Waals surface area contributed by atoms with Gasteiger partial charge in [0.05, 0.1) is 18.1 Å². The number of nitrogens with zero attached hydrogens (tertiary/aromatic N) is 2. The van der Waals surface area contributed by atoms with Gasteiger partial charge < -0.3 is 10.0 Å². The minimum Gasteiger partial charge on any atom is -0.481 e. The lowest BCUT2D eigenvalue weighted by molar-refractivity contribution is -0.147. The molecule has 0 aromatic carbocycles. The first-order valence-electron chi connectivity index (χ1n) is 7.25. The third-order valence-corrected chi connectivity index (χ3v) is 5.55. The zero-order valence-corrected chi connectivity index (χ0v) is 13.0. The number of aliphatic carboxylic acids is 1. The van der Waals surface area contributed by atoms with Gasteiger partial charge in [0.15, 0.2) is 0 Å². The molecule has 2 unspecified atom stereocenters. The Bertz CT molecular complexity index is 519. The van der Waals surface area contributed by atoms with Crippen LogP contribution in [0.15, 0.2) is 0 Å². The maximum absolute atomic E-state index is 12.5. The van der Waals surface area contributed by atoms with E-state index in [4.69, 9.17) is 5.11 Å². The maximum Gasteiger partial charge on any atom is 0.308 e. The number of piperidine rings is 2. The molecule has 2 fully saturated rings. The summed E-state index contributed by atoms with van der Waals surface area (Å²) in [6.07, 6.45) is 3.77. The van der Waals surface area contributed by atoms with Crippen LogP contribution in [0.5, 0.6) is 0 Å². The van der Waals surface area contributed by atoms with Crippen molar-refractivity contribution in [3.8, 4) is 0 Å². The molecule has 7 nitrogen and oxygen atoms in total. The Morgan fingerprint density at radius 3 is 2.29 bits per heavy atom. The van der Waals surface area contributed by atoms with Crippen LogP contribution in [0.3, 0.4) is 0 Å². The van der Waals surface area contributed by atoms with Gasteiger partial charge in [-0.3, -0.25) is 9.59 Å². The average molecular weight is 318 g/mol. The number of carbonyl (C=O) groups is 2. The molecule has 21 heavy (non-hydrogen) atoms. The van der Waals surface area contributed by atoms with Gasteiger partial charge in [0, 0.05) is 26.2 Å². The summed E-state index contributed by atoms with van der Waals surface area (Å²) in [4.78, 5) is 25.2. The van der Waals surface area contributed by atoms with E-state index in [-0.39, 0.29) is 24.9 Å². The molecule has 2 aliphatic heterocycles. The fourth-order valence-electron chi connectivity index (χ4n) is 3.08. The molecule has 2 aliphatic rings. The molecule has 0 spiro atoms. The van der Waals surface area contributed by atoms with Crippen LogP contribution >= 0.6 is 0 Å².